The van der Waals surface area contributed by atoms with E-state index in [1.807, 2.05) is 32.0 Å². The molecule has 0 saturated carbocycles. The van der Waals surface area contributed by atoms with Crippen molar-refractivity contribution < 1.29 is 24.5 Å². The number of anilines is 1. The van der Waals surface area contributed by atoms with Gasteiger partial charge in [-0.1, -0.05) is 12.1 Å². The fourth-order valence-corrected chi connectivity index (χ4v) is 1.99. The normalized spacial score (nSPS) is 10.2. The second-order valence-corrected chi connectivity index (χ2v) is 5.14. The van der Waals surface area contributed by atoms with Crippen LogP contribution in [0.15, 0.2) is 36.4 Å². The number of hydrogen-bond donors (Lipinski definition) is 3. The Labute approximate surface area is 133 Å². The third-order valence-electron chi connectivity index (χ3n) is 3.21. The van der Waals surface area contributed by atoms with Crippen molar-refractivity contribution in [3.05, 3.63) is 53.1 Å². The minimum atomic E-state index is -1.27. The highest BCUT2D eigenvalue weighted by Gasteiger charge is 2.12. The smallest absolute Gasteiger partial charge is 0.339 e. The molecule has 0 spiro atoms. The van der Waals surface area contributed by atoms with E-state index in [4.69, 9.17) is 9.84 Å². The number of carboxylic acids is 1. The van der Waals surface area contributed by atoms with Gasteiger partial charge in [-0.2, -0.15) is 0 Å². The number of aromatic hydroxyl groups is 1. The molecule has 0 bridgehead atoms. The molecule has 0 saturated heterocycles. The summed E-state index contributed by atoms with van der Waals surface area (Å²) in [5, 5.41) is 20.9. The quantitative estimate of drug-likeness (QED) is 0.737. The number of amides is 1. The van der Waals surface area contributed by atoms with Gasteiger partial charge in [0.1, 0.15) is 17.1 Å². The molecule has 3 N–H and O–H groups in total. The predicted molar refractivity (Wildman–Crippen MR) is 85.1 cm³/mol. The van der Waals surface area contributed by atoms with Crippen molar-refractivity contribution in [1.82, 2.24) is 0 Å². The van der Waals surface area contributed by atoms with Gasteiger partial charge >= 0.3 is 5.97 Å². The van der Waals surface area contributed by atoms with E-state index in [1.54, 1.807) is 0 Å². The summed E-state index contributed by atoms with van der Waals surface area (Å²) in [7, 11) is 0. The second kappa shape index (κ2) is 6.83. The van der Waals surface area contributed by atoms with Crippen molar-refractivity contribution >= 4 is 17.6 Å². The fraction of sp³-hybridized carbons (Fsp3) is 0.176. The lowest BCUT2D eigenvalue weighted by atomic mass is 10.1. The maximum Gasteiger partial charge on any atom is 0.339 e. The molecule has 0 aliphatic carbocycles. The molecule has 0 heterocycles. The Hall–Kier alpha value is -3.02. The highest BCUT2D eigenvalue weighted by Crippen LogP contribution is 2.22. The van der Waals surface area contributed by atoms with E-state index in [-0.39, 0.29) is 23.6 Å². The van der Waals surface area contributed by atoms with Crippen LogP contribution in [-0.2, 0) is 4.79 Å². The van der Waals surface area contributed by atoms with E-state index in [0.29, 0.717) is 5.75 Å². The SMILES string of the molecule is Cc1ccc(C)c(OCC(=O)Nc2ccc(O)c(C(=O)O)c2)c1. The molecule has 120 valence electrons. The lowest BCUT2D eigenvalue weighted by molar-refractivity contribution is -0.118. The van der Waals surface area contributed by atoms with E-state index < -0.39 is 11.9 Å². The Morgan fingerprint density at radius 2 is 1.87 bits per heavy atom. The Balaban J connectivity index is 2.01. The number of carbonyl (C=O) groups excluding carboxylic acids is 1. The summed E-state index contributed by atoms with van der Waals surface area (Å²) in [6.45, 7) is 3.61. The molecule has 6 nitrogen and oxygen atoms in total. The first-order valence-electron chi connectivity index (χ1n) is 6.93. The zero-order valence-corrected chi connectivity index (χ0v) is 12.8. The molecule has 2 aromatic carbocycles. The van der Waals surface area contributed by atoms with Crippen LogP contribution >= 0.6 is 0 Å². The molecular formula is C17H17NO5. The number of carboxylic acid groups (broad SMARTS) is 1. The van der Waals surface area contributed by atoms with E-state index in [9.17, 15) is 14.7 Å². The van der Waals surface area contributed by atoms with Crippen LogP contribution in [-0.4, -0.2) is 28.7 Å². The van der Waals surface area contributed by atoms with Crippen molar-refractivity contribution in [2.24, 2.45) is 0 Å². The molecule has 0 aliphatic heterocycles. The van der Waals surface area contributed by atoms with Crippen LogP contribution in [0.4, 0.5) is 5.69 Å². The molecule has 0 radical (unpaired) electrons. The number of carbonyl (C=O) groups is 2. The average Bonchev–Trinajstić information content (AvgIpc) is 2.50. The molecule has 0 atom stereocenters. The zero-order chi connectivity index (χ0) is 17.0. The van der Waals surface area contributed by atoms with E-state index in [0.717, 1.165) is 11.1 Å². The Morgan fingerprint density at radius 1 is 1.13 bits per heavy atom. The summed E-state index contributed by atoms with van der Waals surface area (Å²) in [6, 6.07) is 9.51. The van der Waals surface area contributed by atoms with Gasteiger partial charge in [0, 0.05) is 5.69 Å². The standard InChI is InChI=1S/C17H17NO5/c1-10-3-4-11(2)15(7-10)23-9-16(20)18-12-5-6-14(19)13(8-12)17(21)22/h3-8,19H,9H2,1-2H3,(H,18,20)(H,21,22). The monoisotopic (exact) mass is 315 g/mol. The van der Waals surface area contributed by atoms with Crippen LogP contribution in [0.25, 0.3) is 0 Å². The van der Waals surface area contributed by atoms with Gasteiger partial charge in [0.25, 0.3) is 5.91 Å². The lowest BCUT2D eigenvalue weighted by Crippen LogP contribution is -2.20. The molecule has 0 aromatic heterocycles. The molecule has 23 heavy (non-hydrogen) atoms. The first-order chi connectivity index (χ1) is 10.9. The van der Waals surface area contributed by atoms with Gasteiger partial charge in [-0.15, -0.1) is 0 Å². The Morgan fingerprint density at radius 3 is 2.57 bits per heavy atom. The van der Waals surface area contributed by atoms with Gasteiger partial charge in [0.05, 0.1) is 0 Å². The first kappa shape index (κ1) is 16.4. The van der Waals surface area contributed by atoms with Crippen molar-refractivity contribution in [2.45, 2.75) is 13.8 Å². The topological polar surface area (TPSA) is 95.9 Å². The number of ether oxygens (including phenoxy) is 1. The molecule has 2 aromatic rings. The summed E-state index contributed by atoms with van der Waals surface area (Å²) in [5.41, 5.74) is 1.94. The molecule has 1 amide bonds. The first-order valence-corrected chi connectivity index (χ1v) is 6.93. The maximum absolute atomic E-state index is 11.9. The van der Waals surface area contributed by atoms with Crippen LogP contribution < -0.4 is 10.1 Å². The number of nitrogens with one attached hydrogen (secondary N) is 1. The summed E-state index contributed by atoms with van der Waals surface area (Å²) < 4.78 is 5.48. The van der Waals surface area contributed by atoms with Crippen LogP contribution in [0, 0.1) is 13.8 Å². The number of hydrogen-bond acceptors (Lipinski definition) is 4. The van der Waals surface area contributed by atoms with Gasteiger partial charge < -0.3 is 20.3 Å². The van der Waals surface area contributed by atoms with Gasteiger partial charge in [-0.25, -0.2) is 4.79 Å². The molecule has 2 rings (SSSR count). The molecular weight excluding hydrogens is 298 g/mol. The number of aryl methyl sites for hydroxylation is 2. The van der Waals surface area contributed by atoms with Crippen LogP contribution in [0.5, 0.6) is 11.5 Å². The molecule has 6 heteroatoms. The predicted octanol–water partition coefficient (Wildman–Crippen LogP) is 2.72. The highest BCUT2D eigenvalue weighted by molar-refractivity contribution is 5.96. The summed E-state index contributed by atoms with van der Waals surface area (Å²) in [6.07, 6.45) is 0. The van der Waals surface area contributed by atoms with Gasteiger partial charge in [-0.3, -0.25) is 4.79 Å². The van der Waals surface area contributed by atoms with E-state index >= 15 is 0 Å². The third-order valence-corrected chi connectivity index (χ3v) is 3.21. The number of benzene rings is 2. The molecule has 0 unspecified atom stereocenters. The Bertz CT molecular complexity index is 755. The Kier molecular flexibility index (Phi) is 4.85. The third kappa shape index (κ3) is 4.23. The van der Waals surface area contributed by atoms with Crippen LogP contribution in [0.3, 0.4) is 0 Å². The highest BCUT2D eigenvalue weighted by atomic mass is 16.5. The second-order valence-electron chi connectivity index (χ2n) is 5.14. The summed E-state index contributed by atoms with van der Waals surface area (Å²) in [5.74, 6) is -1.43. The van der Waals surface area contributed by atoms with E-state index in [2.05, 4.69) is 5.32 Å². The van der Waals surface area contributed by atoms with Crippen LogP contribution in [0.2, 0.25) is 0 Å². The minimum absolute atomic E-state index is 0.201. The molecule has 0 fully saturated rings. The number of aromatic carboxylic acids is 1. The number of rotatable bonds is 5. The van der Waals surface area contributed by atoms with Gasteiger partial charge in [-0.05, 0) is 49.2 Å². The van der Waals surface area contributed by atoms with Crippen molar-refractivity contribution in [1.29, 1.82) is 0 Å². The van der Waals surface area contributed by atoms with Gasteiger partial charge in [0.15, 0.2) is 6.61 Å². The van der Waals surface area contributed by atoms with E-state index in [1.165, 1.54) is 18.2 Å². The van der Waals surface area contributed by atoms with Crippen molar-refractivity contribution in [3.8, 4) is 11.5 Å². The minimum Gasteiger partial charge on any atom is -0.507 e. The summed E-state index contributed by atoms with van der Waals surface area (Å²) in [4.78, 5) is 22.8. The fourth-order valence-electron chi connectivity index (χ4n) is 1.99. The average molecular weight is 315 g/mol. The molecule has 0 aliphatic rings. The van der Waals surface area contributed by atoms with Crippen molar-refractivity contribution in [3.63, 3.8) is 0 Å². The maximum atomic E-state index is 11.9. The lowest BCUT2D eigenvalue weighted by Gasteiger charge is -2.11. The zero-order valence-electron chi connectivity index (χ0n) is 12.8. The van der Waals surface area contributed by atoms with Gasteiger partial charge in [0.2, 0.25) is 0 Å². The number of phenols is 1. The largest absolute Gasteiger partial charge is 0.507 e. The van der Waals surface area contributed by atoms with Crippen molar-refractivity contribution in [2.75, 3.05) is 11.9 Å². The summed E-state index contributed by atoms with van der Waals surface area (Å²) >= 11 is 0. The van der Waals surface area contributed by atoms with Crippen LogP contribution in [0.1, 0.15) is 21.5 Å².